The first kappa shape index (κ1) is 15.9. The van der Waals surface area contributed by atoms with E-state index in [1.54, 1.807) is 0 Å². The molecule has 0 N–H and O–H groups in total. The van der Waals surface area contributed by atoms with Crippen LogP contribution in [0.25, 0.3) is 0 Å². The molecule has 3 aliphatic rings. The van der Waals surface area contributed by atoms with E-state index in [1.807, 2.05) is 59.5 Å². The molecule has 26 heavy (non-hydrogen) atoms. The number of carbonyl (C=O) groups is 1. The molecule has 0 unspecified atom stereocenters. The molecule has 1 heterocycles. The molecule has 3 heteroatoms. The Kier molecular flexibility index (Phi) is 3.00. The quantitative estimate of drug-likeness (QED) is 0.703. The van der Waals surface area contributed by atoms with Gasteiger partial charge in [0.2, 0.25) is 0 Å². The number of carbonyl (C=O) groups excluding carboxylic acids is 1. The molecule has 1 spiro atoms. The van der Waals surface area contributed by atoms with E-state index in [-0.39, 0.29) is 16.7 Å². The van der Waals surface area contributed by atoms with Crippen LogP contribution in [0.1, 0.15) is 50.4 Å². The van der Waals surface area contributed by atoms with E-state index in [4.69, 9.17) is 4.74 Å². The van der Waals surface area contributed by atoms with E-state index < -0.39 is 5.72 Å². The molecule has 0 saturated heterocycles. The molecular weight excluding hydrogens is 322 g/mol. The zero-order valence-electron chi connectivity index (χ0n) is 15.7. The third-order valence-electron chi connectivity index (χ3n) is 7.80. The number of amides is 1. The highest BCUT2D eigenvalue weighted by Gasteiger charge is 2.74. The van der Waals surface area contributed by atoms with E-state index in [2.05, 4.69) is 20.8 Å². The minimum absolute atomic E-state index is 0.0580. The number of para-hydroxylation sites is 2. The molecule has 2 aromatic rings. The summed E-state index contributed by atoms with van der Waals surface area (Å²) in [5.41, 5.74) is 1.01. The lowest BCUT2D eigenvalue weighted by molar-refractivity contribution is -0.0705. The summed E-state index contributed by atoms with van der Waals surface area (Å²) < 4.78 is 6.80. The molecular formula is C23H25NO2. The summed E-state index contributed by atoms with van der Waals surface area (Å²) >= 11 is 0. The molecule has 3 nitrogen and oxygen atoms in total. The van der Waals surface area contributed by atoms with Crippen LogP contribution >= 0.6 is 0 Å². The standard InChI is InChI=1S/C23H25NO2/c1-21(2)16-13-14-22(21,3)23(15-16)24(17-9-5-4-6-10-17)20(25)18-11-7-8-12-19(18)26-23/h4-12,16H,13-15H2,1-3H3/t16-,22+,23-/m0/s1. The van der Waals surface area contributed by atoms with Crippen molar-refractivity contribution in [2.75, 3.05) is 4.90 Å². The first-order chi connectivity index (χ1) is 12.4. The van der Waals surface area contributed by atoms with E-state index in [9.17, 15) is 4.79 Å². The summed E-state index contributed by atoms with van der Waals surface area (Å²) in [4.78, 5) is 15.6. The van der Waals surface area contributed by atoms with Crippen molar-refractivity contribution < 1.29 is 9.53 Å². The Hall–Kier alpha value is -2.29. The minimum atomic E-state index is -0.619. The largest absolute Gasteiger partial charge is 0.466 e. The van der Waals surface area contributed by atoms with Gasteiger partial charge in [-0.15, -0.1) is 0 Å². The third kappa shape index (κ3) is 1.67. The third-order valence-corrected chi connectivity index (χ3v) is 7.80. The maximum atomic E-state index is 13.7. The summed E-state index contributed by atoms with van der Waals surface area (Å²) in [7, 11) is 0. The van der Waals surface area contributed by atoms with Gasteiger partial charge in [-0.1, -0.05) is 51.1 Å². The zero-order chi connectivity index (χ0) is 18.2. The van der Waals surface area contributed by atoms with Gasteiger partial charge in [-0.05, 0) is 48.4 Å². The number of nitrogens with zero attached hydrogens (tertiary/aromatic N) is 1. The van der Waals surface area contributed by atoms with Crippen molar-refractivity contribution in [3.05, 3.63) is 60.2 Å². The maximum absolute atomic E-state index is 13.7. The fourth-order valence-electron chi connectivity index (χ4n) is 5.85. The first-order valence-electron chi connectivity index (χ1n) is 9.58. The van der Waals surface area contributed by atoms with E-state index in [0.29, 0.717) is 11.5 Å². The van der Waals surface area contributed by atoms with Crippen molar-refractivity contribution in [2.24, 2.45) is 16.7 Å². The normalized spacial score (nSPS) is 34.0. The van der Waals surface area contributed by atoms with Crippen LogP contribution in [-0.2, 0) is 0 Å². The average Bonchev–Trinajstić information content (AvgIpc) is 2.95. The SMILES string of the molecule is CC1(C)[C@H]2CC[C@@]1(C)[C@]1(C2)Oc2ccccc2C(=O)N1c1ccccc1. The van der Waals surface area contributed by atoms with Gasteiger partial charge >= 0.3 is 0 Å². The highest BCUT2D eigenvalue weighted by atomic mass is 16.5. The minimum Gasteiger partial charge on any atom is -0.466 e. The second-order valence-electron chi connectivity index (χ2n) is 8.85. The van der Waals surface area contributed by atoms with Crippen LogP contribution in [0, 0.1) is 16.7 Å². The van der Waals surface area contributed by atoms with Crippen molar-refractivity contribution in [1.82, 2.24) is 0 Å². The smallest absolute Gasteiger partial charge is 0.265 e. The number of benzene rings is 2. The number of hydrogen-bond donors (Lipinski definition) is 0. The summed E-state index contributed by atoms with van der Waals surface area (Å²) in [5, 5.41) is 0. The second kappa shape index (κ2) is 4.91. The Morgan fingerprint density at radius 2 is 1.69 bits per heavy atom. The highest BCUT2D eigenvalue weighted by molar-refractivity contribution is 6.10. The van der Waals surface area contributed by atoms with Gasteiger partial charge in [-0.25, -0.2) is 0 Å². The molecule has 2 saturated carbocycles. The fourth-order valence-corrected chi connectivity index (χ4v) is 5.85. The van der Waals surface area contributed by atoms with Gasteiger partial charge in [0.1, 0.15) is 5.75 Å². The van der Waals surface area contributed by atoms with Gasteiger partial charge in [-0.3, -0.25) is 9.69 Å². The van der Waals surface area contributed by atoms with Crippen molar-refractivity contribution in [2.45, 2.75) is 45.8 Å². The lowest BCUT2D eigenvalue weighted by Gasteiger charge is -2.55. The predicted molar refractivity (Wildman–Crippen MR) is 102 cm³/mol. The molecule has 1 amide bonds. The Bertz CT molecular complexity index is 890. The van der Waals surface area contributed by atoms with Crippen LogP contribution in [0.5, 0.6) is 5.75 Å². The molecule has 3 atom stereocenters. The van der Waals surface area contributed by atoms with Gasteiger partial charge in [0.15, 0.2) is 5.72 Å². The van der Waals surface area contributed by atoms with Gasteiger partial charge < -0.3 is 4.74 Å². The molecule has 2 fully saturated rings. The van der Waals surface area contributed by atoms with Crippen molar-refractivity contribution in [1.29, 1.82) is 0 Å². The molecule has 0 aromatic heterocycles. The van der Waals surface area contributed by atoms with Crippen molar-refractivity contribution >= 4 is 11.6 Å². The molecule has 2 aromatic carbocycles. The van der Waals surface area contributed by atoms with Crippen LogP contribution in [-0.4, -0.2) is 11.6 Å². The molecule has 5 rings (SSSR count). The van der Waals surface area contributed by atoms with Crippen molar-refractivity contribution in [3.63, 3.8) is 0 Å². The number of rotatable bonds is 1. The Balaban J connectivity index is 1.77. The Labute approximate surface area is 155 Å². The summed E-state index contributed by atoms with van der Waals surface area (Å²) in [6.45, 7) is 7.05. The molecule has 2 bridgehead atoms. The molecule has 2 aliphatic carbocycles. The topological polar surface area (TPSA) is 29.5 Å². The van der Waals surface area contributed by atoms with E-state index in [0.717, 1.165) is 24.3 Å². The monoisotopic (exact) mass is 347 g/mol. The first-order valence-corrected chi connectivity index (χ1v) is 9.58. The summed E-state index contributed by atoms with van der Waals surface area (Å²) in [5.74, 6) is 1.36. The fraction of sp³-hybridized carbons (Fsp3) is 0.435. The molecule has 1 aliphatic heterocycles. The average molecular weight is 347 g/mol. The van der Waals surface area contributed by atoms with Crippen LogP contribution in [0.2, 0.25) is 0 Å². The maximum Gasteiger partial charge on any atom is 0.265 e. The Morgan fingerprint density at radius 3 is 2.35 bits per heavy atom. The van der Waals surface area contributed by atoms with Gasteiger partial charge in [-0.2, -0.15) is 0 Å². The lowest BCUT2D eigenvalue weighted by Crippen LogP contribution is -2.67. The van der Waals surface area contributed by atoms with Gasteiger partial charge in [0, 0.05) is 17.5 Å². The number of fused-ring (bicyclic) bond motifs is 4. The second-order valence-corrected chi connectivity index (χ2v) is 8.85. The Morgan fingerprint density at radius 1 is 1.00 bits per heavy atom. The van der Waals surface area contributed by atoms with Crippen molar-refractivity contribution in [3.8, 4) is 5.75 Å². The number of hydrogen-bond acceptors (Lipinski definition) is 2. The van der Waals surface area contributed by atoms with Crippen LogP contribution in [0.15, 0.2) is 54.6 Å². The summed E-state index contributed by atoms with van der Waals surface area (Å²) in [6.07, 6.45) is 3.20. The predicted octanol–water partition coefficient (Wildman–Crippen LogP) is 5.27. The highest BCUT2D eigenvalue weighted by Crippen LogP contribution is 2.72. The summed E-state index contributed by atoms with van der Waals surface area (Å²) in [6, 6.07) is 17.7. The van der Waals surface area contributed by atoms with Crippen LogP contribution < -0.4 is 9.64 Å². The van der Waals surface area contributed by atoms with E-state index >= 15 is 0 Å². The van der Waals surface area contributed by atoms with Crippen LogP contribution in [0.4, 0.5) is 5.69 Å². The number of anilines is 1. The van der Waals surface area contributed by atoms with Gasteiger partial charge in [0.25, 0.3) is 5.91 Å². The molecule has 0 radical (unpaired) electrons. The number of ether oxygens (including phenoxy) is 1. The van der Waals surface area contributed by atoms with E-state index in [1.165, 1.54) is 6.42 Å². The van der Waals surface area contributed by atoms with Gasteiger partial charge in [0.05, 0.1) is 5.56 Å². The zero-order valence-corrected chi connectivity index (χ0v) is 15.7. The lowest BCUT2D eigenvalue weighted by atomic mass is 9.66. The van der Waals surface area contributed by atoms with Crippen LogP contribution in [0.3, 0.4) is 0 Å². The molecule has 134 valence electrons.